The van der Waals surface area contributed by atoms with E-state index in [1.165, 1.54) is 29.4 Å². The lowest BCUT2D eigenvalue weighted by Gasteiger charge is -2.03. The summed E-state index contributed by atoms with van der Waals surface area (Å²) in [6.45, 7) is 1.78. The van der Waals surface area contributed by atoms with Crippen molar-refractivity contribution in [3.8, 4) is 11.1 Å². The Labute approximate surface area is 237 Å². The van der Waals surface area contributed by atoms with Crippen molar-refractivity contribution in [2.75, 3.05) is 0 Å². The fourth-order valence-electron chi connectivity index (χ4n) is 3.11. The highest BCUT2D eigenvalue weighted by molar-refractivity contribution is 14.1. The molecule has 0 atom stereocenters. The first-order chi connectivity index (χ1) is 13.7. The van der Waals surface area contributed by atoms with Gasteiger partial charge in [-0.05, 0) is 80.6 Å². The normalized spacial score (nSPS) is 9.44. The van der Waals surface area contributed by atoms with Crippen LogP contribution in [0.4, 0.5) is 0 Å². The highest BCUT2D eigenvalue weighted by Gasteiger charge is 2.07. The Hall–Kier alpha value is -0.920. The molecule has 4 aromatic rings. The minimum Gasteiger partial charge on any atom is -1.00 e. The molecule has 0 spiro atoms. The van der Waals surface area contributed by atoms with Gasteiger partial charge in [0.15, 0.2) is 37.9 Å². The number of nitrogens with zero attached hydrogens (tertiary/aromatic N) is 2. The fraction of sp³-hybridized carbons (Fsp3) is 0.0833. The zero-order valence-electron chi connectivity index (χ0n) is 17.1. The summed E-state index contributed by atoms with van der Waals surface area (Å²) in [6.07, 6.45) is 8.61. The van der Waals surface area contributed by atoms with Crippen LogP contribution in [0.25, 0.3) is 11.1 Å². The van der Waals surface area contributed by atoms with Crippen molar-refractivity contribution in [2.45, 2.75) is 13.1 Å². The summed E-state index contributed by atoms with van der Waals surface area (Å²) < 4.78 is 6.96. The second-order valence-electron chi connectivity index (χ2n) is 6.77. The lowest BCUT2D eigenvalue weighted by molar-refractivity contribution is -0.688. The SMILES string of the molecule is Ic1ccc(C[n+]2ccc(-c3cc[n+](Cc4ccc(I)cc4)cc3)cc2)cc1.O.O.[Br-].[Br-]. The fourth-order valence-corrected chi connectivity index (χ4v) is 3.83. The lowest BCUT2D eigenvalue weighted by Crippen LogP contribution is -3.00. The van der Waals surface area contributed by atoms with Crippen molar-refractivity contribution >= 4 is 45.2 Å². The van der Waals surface area contributed by atoms with Gasteiger partial charge in [0.05, 0.1) is 0 Å². The molecule has 0 radical (unpaired) electrons. The Kier molecular flexibility index (Phi) is 14.6. The monoisotopic (exact) mass is 784 g/mol. The van der Waals surface area contributed by atoms with Crippen LogP contribution in [0, 0.1) is 7.14 Å². The molecule has 0 bridgehead atoms. The molecule has 8 heteroatoms. The number of benzene rings is 2. The van der Waals surface area contributed by atoms with Gasteiger partial charge in [-0.3, -0.25) is 0 Å². The van der Waals surface area contributed by atoms with Crippen LogP contribution in [0.2, 0.25) is 0 Å². The molecule has 2 aromatic carbocycles. The van der Waals surface area contributed by atoms with Crippen LogP contribution in [0.5, 0.6) is 0 Å². The summed E-state index contributed by atoms with van der Waals surface area (Å²) in [7, 11) is 0. The molecule has 32 heavy (non-hydrogen) atoms. The van der Waals surface area contributed by atoms with Gasteiger partial charge in [-0.2, -0.15) is 0 Å². The summed E-state index contributed by atoms with van der Waals surface area (Å²) in [4.78, 5) is 0. The van der Waals surface area contributed by atoms with E-state index in [0.717, 1.165) is 13.1 Å². The third-order valence-corrected chi connectivity index (χ3v) is 6.11. The van der Waals surface area contributed by atoms with Crippen molar-refractivity contribution < 1.29 is 54.0 Å². The minimum absolute atomic E-state index is 0. The smallest absolute Gasteiger partial charge is 0.173 e. The number of hydrogen-bond acceptors (Lipinski definition) is 0. The summed E-state index contributed by atoms with van der Waals surface area (Å²) in [5.41, 5.74) is 5.10. The van der Waals surface area contributed by atoms with E-state index in [9.17, 15) is 0 Å². The summed E-state index contributed by atoms with van der Waals surface area (Å²) in [5.74, 6) is 0. The molecule has 0 aliphatic rings. The molecule has 170 valence electrons. The van der Waals surface area contributed by atoms with Gasteiger partial charge in [-0.1, -0.05) is 24.3 Å². The zero-order chi connectivity index (χ0) is 19.3. The van der Waals surface area contributed by atoms with Crippen LogP contribution >= 0.6 is 45.2 Å². The number of aromatic nitrogens is 2. The van der Waals surface area contributed by atoms with Gasteiger partial charge in [-0.15, -0.1) is 0 Å². The third kappa shape index (κ3) is 8.79. The molecule has 2 heterocycles. The molecule has 0 fully saturated rings. The number of pyridine rings is 2. The minimum atomic E-state index is 0. The lowest BCUT2D eigenvalue weighted by atomic mass is 10.1. The zero-order valence-corrected chi connectivity index (χ0v) is 24.5. The predicted octanol–water partition coefficient (Wildman–Crippen LogP) is -2.41. The van der Waals surface area contributed by atoms with Crippen molar-refractivity contribution in [1.82, 2.24) is 0 Å². The molecule has 0 aliphatic carbocycles. The largest absolute Gasteiger partial charge is 1.00 e. The van der Waals surface area contributed by atoms with Gasteiger partial charge in [0, 0.05) is 42.5 Å². The van der Waals surface area contributed by atoms with Gasteiger partial charge in [0.25, 0.3) is 0 Å². The maximum absolute atomic E-state index is 2.34. The molecular formula is C24H24Br2I2N2O2. The molecular weight excluding hydrogens is 762 g/mol. The van der Waals surface area contributed by atoms with Gasteiger partial charge in [0.1, 0.15) is 0 Å². The van der Waals surface area contributed by atoms with Crippen molar-refractivity contribution in [2.24, 2.45) is 0 Å². The van der Waals surface area contributed by atoms with Crippen molar-refractivity contribution in [1.29, 1.82) is 0 Å². The van der Waals surface area contributed by atoms with Gasteiger partial charge in [0.2, 0.25) is 0 Å². The molecule has 4 rings (SSSR count). The second kappa shape index (κ2) is 15.1. The average molecular weight is 786 g/mol. The highest BCUT2D eigenvalue weighted by atomic mass is 127. The summed E-state index contributed by atoms with van der Waals surface area (Å²) >= 11 is 4.68. The first-order valence-corrected chi connectivity index (χ1v) is 11.3. The standard InChI is InChI=1S/C24H20I2N2.2BrH.2H2O/c25-23-5-1-19(2-6-23)17-27-13-9-21(10-14-27)22-11-15-28(16-12-22)18-20-3-7-24(26)8-4-20;;;;/h1-16H,17-18H2;2*1H;2*1H2/q+2;;;;/p-2. The summed E-state index contributed by atoms with van der Waals surface area (Å²) in [6, 6.07) is 26.1. The van der Waals surface area contributed by atoms with Gasteiger partial charge < -0.3 is 44.9 Å². The average Bonchev–Trinajstić information content (AvgIpc) is 2.73. The third-order valence-electron chi connectivity index (χ3n) is 4.67. The quantitative estimate of drug-likeness (QED) is 0.160. The van der Waals surface area contributed by atoms with E-state index in [2.05, 4.69) is 152 Å². The van der Waals surface area contributed by atoms with Crippen LogP contribution in [0.3, 0.4) is 0 Å². The van der Waals surface area contributed by atoms with Crippen LogP contribution in [0.15, 0.2) is 97.6 Å². The number of rotatable bonds is 5. The van der Waals surface area contributed by atoms with Crippen molar-refractivity contribution in [3.63, 3.8) is 0 Å². The van der Waals surface area contributed by atoms with Gasteiger partial charge >= 0.3 is 0 Å². The van der Waals surface area contributed by atoms with Crippen LogP contribution in [-0.4, -0.2) is 11.0 Å². The van der Waals surface area contributed by atoms with E-state index in [1.54, 1.807) is 0 Å². The Bertz CT molecular complexity index is 972. The maximum Gasteiger partial charge on any atom is 0.173 e. The molecule has 0 unspecified atom stereocenters. The van der Waals surface area contributed by atoms with Gasteiger partial charge in [-0.25, -0.2) is 9.13 Å². The first-order valence-electron chi connectivity index (χ1n) is 9.13. The van der Waals surface area contributed by atoms with Crippen LogP contribution in [0.1, 0.15) is 11.1 Å². The van der Waals surface area contributed by atoms with Crippen LogP contribution in [-0.2, 0) is 13.1 Å². The van der Waals surface area contributed by atoms with E-state index in [4.69, 9.17) is 0 Å². The molecule has 2 aromatic heterocycles. The number of hydrogen-bond donors (Lipinski definition) is 0. The Morgan fingerprint density at radius 1 is 0.469 bits per heavy atom. The maximum atomic E-state index is 2.34. The molecule has 4 nitrogen and oxygen atoms in total. The summed E-state index contributed by atoms with van der Waals surface area (Å²) in [5, 5.41) is 0. The molecule has 4 N–H and O–H groups in total. The Morgan fingerprint density at radius 3 is 1.03 bits per heavy atom. The van der Waals surface area contributed by atoms with E-state index in [-0.39, 0.29) is 44.9 Å². The Balaban J connectivity index is 0.00000240. The Morgan fingerprint density at radius 2 is 0.750 bits per heavy atom. The van der Waals surface area contributed by atoms with Crippen LogP contribution < -0.4 is 43.1 Å². The van der Waals surface area contributed by atoms with E-state index < -0.39 is 0 Å². The number of halogens is 4. The van der Waals surface area contributed by atoms with E-state index in [1.807, 2.05) is 0 Å². The van der Waals surface area contributed by atoms with E-state index in [0.29, 0.717) is 0 Å². The van der Waals surface area contributed by atoms with Crippen molar-refractivity contribution in [3.05, 3.63) is 116 Å². The second-order valence-corrected chi connectivity index (χ2v) is 9.26. The molecule has 0 saturated heterocycles. The topological polar surface area (TPSA) is 70.8 Å². The first kappa shape index (κ1) is 31.1. The molecule has 0 amide bonds. The van der Waals surface area contributed by atoms with E-state index >= 15 is 0 Å². The molecule has 0 saturated carbocycles. The highest BCUT2D eigenvalue weighted by Crippen LogP contribution is 2.16. The molecule has 0 aliphatic heterocycles. The predicted molar refractivity (Wildman–Crippen MR) is 136 cm³/mol.